The number of rotatable bonds is 8. The molecule has 0 bridgehead atoms. The Bertz CT molecular complexity index is 1110. The van der Waals surface area contributed by atoms with Gasteiger partial charge >= 0.3 is 0 Å². The van der Waals surface area contributed by atoms with E-state index in [1.54, 1.807) is 11.3 Å². The topological polar surface area (TPSA) is 51.7 Å². The number of amides is 1. The number of hydrogen-bond donors (Lipinski definition) is 0. The molecular weight excluding hydrogens is 420 g/mol. The Balaban J connectivity index is 1.48. The van der Waals surface area contributed by atoms with Gasteiger partial charge in [0.25, 0.3) is 5.91 Å². The van der Waals surface area contributed by atoms with Crippen LogP contribution in [0.2, 0.25) is 0 Å². The summed E-state index contributed by atoms with van der Waals surface area (Å²) < 4.78 is 11.9. The van der Waals surface area contributed by atoms with E-state index in [1.807, 2.05) is 68.1 Å². The highest BCUT2D eigenvalue weighted by molar-refractivity contribution is 7.11. The largest absolute Gasteiger partial charge is 0.493 e. The number of aromatic nitrogens is 1. The zero-order valence-electron chi connectivity index (χ0n) is 19.2. The third kappa shape index (κ3) is 4.65. The molecule has 1 aliphatic rings. The molecule has 0 spiro atoms. The molecule has 1 unspecified atom stereocenters. The minimum atomic E-state index is -0.431. The summed E-state index contributed by atoms with van der Waals surface area (Å²) in [5, 5.41) is 1.04. The first-order valence-corrected chi connectivity index (χ1v) is 12.0. The molecule has 1 aromatic heterocycles. The highest BCUT2D eigenvalue weighted by Crippen LogP contribution is 2.39. The van der Waals surface area contributed by atoms with Crippen molar-refractivity contribution in [1.29, 1.82) is 0 Å². The quantitative estimate of drug-likeness (QED) is 0.389. The molecule has 32 heavy (non-hydrogen) atoms. The third-order valence-electron chi connectivity index (χ3n) is 5.74. The summed E-state index contributed by atoms with van der Waals surface area (Å²) >= 11 is 1.69. The van der Waals surface area contributed by atoms with Crippen molar-refractivity contribution in [1.82, 2.24) is 4.98 Å². The standard InChI is InChI=1S/C26H30N2O3S/c1-5-22-26(29)28(14-8-9-15-30-23-11-7-6-10-17(23)2)21-16-20(12-13-24(21)31-22)25-18(3)32-19(4)27-25/h6-7,10-13,16,22H,5,8-9,14-15H2,1-4H3. The van der Waals surface area contributed by atoms with Crippen molar-refractivity contribution in [3.05, 3.63) is 57.9 Å². The lowest BCUT2D eigenvalue weighted by molar-refractivity contribution is -0.126. The van der Waals surface area contributed by atoms with Crippen LogP contribution in [0.4, 0.5) is 5.69 Å². The smallest absolute Gasteiger partial charge is 0.268 e. The summed E-state index contributed by atoms with van der Waals surface area (Å²) in [7, 11) is 0. The number of carbonyl (C=O) groups is 1. The summed E-state index contributed by atoms with van der Waals surface area (Å²) in [5.41, 5.74) is 3.97. The minimum Gasteiger partial charge on any atom is -0.493 e. The van der Waals surface area contributed by atoms with Crippen molar-refractivity contribution >= 4 is 22.9 Å². The maximum Gasteiger partial charge on any atom is 0.268 e. The maximum absolute atomic E-state index is 13.1. The molecule has 2 aromatic carbocycles. The van der Waals surface area contributed by atoms with Gasteiger partial charge in [0.2, 0.25) is 0 Å². The number of unbranched alkanes of at least 4 members (excludes halogenated alkanes) is 1. The van der Waals surface area contributed by atoms with E-state index in [0.717, 1.165) is 51.9 Å². The number of thiazole rings is 1. The molecule has 6 heteroatoms. The van der Waals surface area contributed by atoms with E-state index in [9.17, 15) is 4.79 Å². The average Bonchev–Trinajstić information content (AvgIpc) is 3.13. The van der Waals surface area contributed by atoms with Crippen LogP contribution < -0.4 is 14.4 Å². The van der Waals surface area contributed by atoms with Gasteiger partial charge in [-0.1, -0.05) is 25.1 Å². The molecule has 2 heterocycles. The molecule has 0 fully saturated rings. The number of fused-ring (bicyclic) bond motifs is 1. The molecule has 4 rings (SSSR count). The van der Waals surface area contributed by atoms with Crippen molar-refractivity contribution in [2.45, 2.75) is 53.1 Å². The molecule has 0 radical (unpaired) electrons. The zero-order valence-corrected chi connectivity index (χ0v) is 20.0. The van der Waals surface area contributed by atoms with E-state index >= 15 is 0 Å². The first-order valence-electron chi connectivity index (χ1n) is 11.2. The van der Waals surface area contributed by atoms with Gasteiger partial charge in [-0.15, -0.1) is 11.3 Å². The van der Waals surface area contributed by atoms with Crippen molar-refractivity contribution in [3.8, 4) is 22.8 Å². The summed E-state index contributed by atoms with van der Waals surface area (Å²) in [6, 6.07) is 14.1. The number of para-hydroxylation sites is 1. The van der Waals surface area contributed by atoms with Crippen LogP contribution >= 0.6 is 11.3 Å². The molecule has 168 valence electrons. The predicted molar refractivity (Wildman–Crippen MR) is 130 cm³/mol. The summed E-state index contributed by atoms with van der Waals surface area (Å²) in [6.07, 6.45) is 1.94. The van der Waals surface area contributed by atoms with Crippen LogP contribution in [0.3, 0.4) is 0 Å². The van der Waals surface area contributed by atoms with E-state index in [-0.39, 0.29) is 5.91 Å². The van der Waals surface area contributed by atoms with Gasteiger partial charge in [-0.05, 0) is 69.9 Å². The van der Waals surface area contributed by atoms with Gasteiger partial charge in [0.15, 0.2) is 6.10 Å². The van der Waals surface area contributed by atoms with E-state index in [2.05, 4.69) is 11.9 Å². The summed E-state index contributed by atoms with van der Waals surface area (Å²) in [4.78, 5) is 20.9. The van der Waals surface area contributed by atoms with E-state index in [4.69, 9.17) is 9.47 Å². The molecule has 0 aliphatic carbocycles. The Morgan fingerprint density at radius 3 is 2.66 bits per heavy atom. The summed E-state index contributed by atoms with van der Waals surface area (Å²) in [6.45, 7) is 9.40. The maximum atomic E-state index is 13.1. The second-order valence-electron chi connectivity index (χ2n) is 8.15. The van der Waals surface area contributed by atoms with Crippen LogP contribution in [0.1, 0.15) is 41.6 Å². The van der Waals surface area contributed by atoms with Crippen LogP contribution in [0.15, 0.2) is 42.5 Å². The number of benzene rings is 2. The number of nitrogens with zero attached hydrogens (tertiary/aromatic N) is 2. The Hall–Kier alpha value is -2.86. The number of carbonyl (C=O) groups excluding carboxylic acids is 1. The average molecular weight is 451 g/mol. The first-order chi connectivity index (χ1) is 15.5. The molecule has 0 saturated heterocycles. The van der Waals surface area contributed by atoms with E-state index in [1.165, 1.54) is 4.88 Å². The molecule has 1 aliphatic heterocycles. The van der Waals surface area contributed by atoms with Crippen LogP contribution in [0, 0.1) is 20.8 Å². The Morgan fingerprint density at radius 1 is 1.12 bits per heavy atom. The van der Waals surface area contributed by atoms with E-state index in [0.29, 0.717) is 19.6 Å². The van der Waals surface area contributed by atoms with Crippen molar-refractivity contribution in [2.24, 2.45) is 0 Å². The summed E-state index contributed by atoms with van der Waals surface area (Å²) in [5.74, 6) is 1.72. The normalized spacial score (nSPS) is 15.4. The zero-order chi connectivity index (χ0) is 22.7. The third-order valence-corrected chi connectivity index (χ3v) is 6.62. The SMILES string of the molecule is CCC1Oc2ccc(-c3nc(C)sc3C)cc2N(CCCCOc2ccccc2C)C1=O. The van der Waals surface area contributed by atoms with Gasteiger partial charge in [-0.25, -0.2) is 4.98 Å². The van der Waals surface area contributed by atoms with Gasteiger partial charge in [0.1, 0.15) is 11.5 Å². The predicted octanol–water partition coefficient (Wildman–Crippen LogP) is 6.10. The van der Waals surface area contributed by atoms with Crippen LogP contribution in [0.25, 0.3) is 11.3 Å². The van der Waals surface area contributed by atoms with Gasteiger partial charge in [-0.2, -0.15) is 0 Å². The Labute approximate surface area is 194 Å². The molecule has 3 aromatic rings. The number of anilines is 1. The van der Waals surface area contributed by atoms with E-state index < -0.39 is 6.10 Å². The molecule has 5 nitrogen and oxygen atoms in total. The lowest BCUT2D eigenvalue weighted by Crippen LogP contribution is -2.46. The molecule has 0 N–H and O–H groups in total. The van der Waals surface area contributed by atoms with Gasteiger partial charge in [-0.3, -0.25) is 4.79 Å². The fourth-order valence-electron chi connectivity index (χ4n) is 4.03. The highest BCUT2D eigenvalue weighted by atomic mass is 32.1. The molecular formula is C26H30N2O3S. The van der Waals surface area contributed by atoms with Gasteiger partial charge in [0, 0.05) is 17.0 Å². The molecule has 1 amide bonds. The number of aryl methyl sites for hydroxylation is 3. The fraction of sp³-hybridized carbons (Fsp3) is 0.385. The monoisotopic (exact) mass is 450 g/mol. The van der Waals surface area contributed by atoms with Crippen molar-refractivity contribution in [2.75, 3.05) is 18.1 Å². The second kappa shape index (κ2) is 9.74. The lowest BCUT2D eigenvalue weighted by atomic mass is 10.1. The fourth-order valence-corrected chi connectivity index (χ4v) is 4.87. The number of ether oxygens (including phenoxy) is 2. The number of hydrogen-bond acceptors (Lipinski definition) is 5. The molecule has 0 saturated carbocycles. The first kappa shape index (κ1) is 22.3. The lowest BCUT2D eigenvalue weighted by Gasteiger charge is -2.34. The van der Waals surface area contributed by atoms with Crippen molar-refractivity contribution < 1.29 is 14.3 Å². The Kier molecular flexibility index (Phi) is 6.80. The van der Waals surface area contributed by atoms with Gasteiger partial charge in [0.05, 0.1) is 23.0 Å². The highest BCUT2D eigenvalue weighted by Gasteiger charge is 2.33. The second-order valence-corrected chi connectivity index (χ2v) is 9.55. The van der Waals surface area contributed by atoms with Gasteiger partial charge < -0.3 is 14.4 Å². The minimum absolute atomic E-state index is 0.0307. The van der Waals surface area contributed by atoms with Crippen LogP contribution in [-0.2, 0) is 4.79 Å². The van der Waals surface area contributed by atoms with Crippen LogP contribution in [-0.4, -0.2) is 30.1 Å². The van der Waals surface area contributed by atoms with Crippen molar-refractivity contribution in [3.63, 3.8) is 0 Å². The Morgan fingerprint density at radius 2 is 1.94 bits per heavy atom. The molecule has 1 atom stereocenters. The van der Waals surface area contributed by atoms with Crippen LogP contribution in [0.5, 0.6) is 11.5 Å².